The fraction of sp³-hybridized carbons (Fsp3) is 0.0476. The Morgan fingerprint density at radius 2 is 1.72 bits per heavy atom. The Bertz CT molecular complexity index is 1140. The number of aromatic amines is 1. The zero-order valence-corrected chi connectivity index (χ0v) is 13.6. The molecule has 0 atom stereocenters. The Kier molecular flexibility index (Phi) is 3.13. The first-order valence-electron chi connectivity index (χ1n) is 8.32. The van der Waals surface area contributed by atoms with Crippen molar-refractivity contribution in [1.29, 1.82) is 0 Å². The zero-order chi connectivity index (χ0) is 16.6. The van der Waals surface area contributed by atoms with Crippen LogP contribution in [0, 0.1) is 0 Å². The predicted octanol–water partition coefficient (Wildman–Crippen LogP) is 4.63. The molecule has 0 aliphatic rings. The Morgan fingerprint density at radius 3 is 2.60 bits per heavy atom. The van der Waals surface area contributed by atoms with Crippen LogP contribution in [-0.2, 0) is 6.54 Å². The third kappa shape index (κ3) is 2.39. The van der Waals surface area contributed by atoms with E-state index in [9.17, 15) is 0 Å². The molecule has 0 aliphatic carbocycles. The molecule has 0 aliphatic heterocycles. The number of rotatable bonds is 3. The largest absolute Gasteiger partial charge is 0.335 e. The van der Waals surface area contributed by atoms with Gasteiger partial charge in [0.25, 0.3) is 0 Å². The normalized spacial score (nSPS) is 11.4. The summed E-state index contributed by atoms with van der Waals surface area (Å²) in [5.74, 6) is 0.848. The van der Waals surface area contributed by atoms with Gasteiger partial charge in [0.1, 0.15) is 0 Å². The first-order chi connectivity index (χ1) is 12.4. The lowest BCUT2D eigenvalue weighted by molar-refractivity contribution is 0.839. The van der Waals surface area contributed by atoms with E-state index in [1.165, 1.54) is 16.5 Å². The van der Waals surface area contributed by atoms with E-state index in [2.05, 4.69) is 69.1 Å². The van der Waals surface area contributed by atoms with Crippen LogP contribution in [0.15, 0.2) is 79.0 Å². The summed E-state index contributed by atoms with van der Waals surface area (Å²) in [5, 5.41) is 1.21. The molecule has 5 rings (SSSR count). The number of nitrogens with one attached hydrogen (secondary N) is 1. The maximum atomic E-state index is 4.69. The maximum Gasteiger partial charge on any atom is 0.178 e. The summed E-state index contributed by atoms with van der Waals surface area (Å²) in [6, 6.07) is 25.1. The second kappa shape index (κ2) is 5.60. The molecule has 0 bridgehead atoms. The molecule has 25 heavy (non-hydrogen) atoms. The summed E-state index contributed by atoms with van der Waals surface area (Å²) in [6.07, 6.45) is 1.77. The van der Waals surface area contributed by atoms with Crippen molar-refractivity contribution in [3.8, 4) is 11.5 Å². The van der Waals surface area contributed by atoms with Crippen LogP contribution in [-0.4, -0.2) is 19.5 Å². The standard InChI is InChI=1S/C21H16N4/c1-2-7-15(8-3-1)14-25-18-11-5-4-9-16(18)13-19(25)21-23-17-10-6-12-22-20(17)24-21/h1-13H,14H2,(H,22,23,24). The molecule has 4 nitrogen and oxygen atoms in total. The van der Waals surface area contributed by atoms with E-state index in [0.29, 0.717) is 0 Å². The lowest BCUT2D eigenvalue weighted by Gasteiger charge is -2.09. The second-order valence-corrected chi connectivity index (χ2v) is 6.12. The number of aromatic nitrogens is 4. The van der Waals surface area contributed by atoms with E-state index in [1.807, 2.05) is 18.2 Å². The molecule has 4 heteroatoms. The molecule has 120 valence electrons. The molecule has 0 saturated carbocycles. The molecule has 0 radical (unpaired) electrons. The number of para-hydroxylation sites is 1. The highest BCUT2D eigenvalue weighted by atomic mass is 15.1. The summed E-state index contributed by atoms with van der Waals surface area (Å²) in [4.78, 5) is 12.4. The van der Waals surface area contributed by atoms with Crippen LogP contribution < -0.4 is 0 Å². The minimum Gasteiger partial charge on any atom is -0.335 e. The molecular formula is C21H16N4. The van der Waals surface area contributed by atoms with Crippen LogP contribution in [0.3, 0.4) is 0 Å². The summed E-state index contributed by atoms with van der Waals surface area (Å²) in [6.45, 7) is 0.800. The van der Waals surface area contributed by atoms with Gasteiger partial charge in [0.2, 0.25) is 0 Å². The third-order valence-corrected chi connectivity index (χ3v) is 4.49. The van der Waals surface area contributed by atoms with Gasteiger partial charge in [-0.3, -0.25) is 0 Å². The van der Waals surface area contributed by atoms with E-state index in [-0.39, 0.29) is 0 Å². The van der Waals surface area contributed by atoms with Crippen LogP contribution in [0.25, 0.3) is 33.6 Å². The number of imidazole rings is 1. The van der Waals surface area contributed by atoms with Crippen molar-refractivity contribution < 1.29 is 0 Å². The number of nitrogens with zero attached hydrogens (tertiary/aromatic N) is 3. The maximum absolute atomic E-state index is 4.69. The smallest absolute Gasteiger partial charge is 0.178 e. The lowest BCUT2D eigenvalue weighted by Crippen LogP contribution is -2.02. The van der Waals surface area contributed by atoms with Gasteiger partial charge in [0, 0.05) is 23.6 Å². The van der Waals surface area contributed by atoms with E-state index in [1.54, 1.807) is 6.20 Å². The van der Waals surface area contributed by atoms with Gasteiger partial charge in [-0.05, 0) is 29.8 Å². The van der Waals surface area contributed by atoms with E-state index >= 15 is 0 Å². The highest BCUT2D eigenvalue weighted by Gasteiger charge is 2.14. The molecule has 5 aromatic rings. The Morgan fingerprint density at radius 1 is 0.880 bits per heavy atom. The third-order valence-electron chi connectivity index (χ3n) is 4.49. The highest BCUT2D eigenvalue weighted by molar-refractivity contribution is 5.87. The number of hydrogen-bond acceptors (Lipinski definition) is 2. The summed E-state index contributed by atoms with van der Waals surface area (Å²) >= 11 is 0. The number of hydrogen-bond donors (Lipinski definition) is 1. The Labute approximate surface area is 144 Å². The second-order valence-electron chi connectivity index (χ2n) is 6.12. The molecule has 0 fully saturated rings. The van der Waals surface area contributed by atoms with Crippen LogP contribution in [0.1, 0.15) is 5.56 Å². The van der Waals surface area contributed by atoms with E-state index in [0.717, 1.165) is 29.2 Å². The number of benzene rings is 2. The molecule has 1 N–H and O–H groups in total. The number of pyridine rings is 1. The van der Waals surface area contributed by atoms with Crippen molar-refractivity contribution in [2.24, 2.45) is 0 Å². The fourth-order valence-electron chi connectivity index (χ4n) is 3.31. The monoisotopic (exact) mass is 324 g/mol. The molecule has 2 aromatic carbocycles. The van der Waals surface area contributed by atoms with Crippen LogP contribution in [0.5, 0.6) is 0 Å². The van der Waals surface area contributed by atoms with Crippen molar-refractivity contribution >= 4 is 22.1 Å². The van der Waals surface area contributed by atoms with Crippen molar-refractivity contribution in [1.82, 2.24) is 19.5 Å². The Balaban J connectivity index is 1.72. The first-order valence-corrected chi connectivity index (χ1v) is 8.32. The summed E-state index contributed by atoms with van der Waals surface area (Å²) < 4.78 is 2.31. The van der Waals surface area contributed by atoms with Gasteiger partial charge < -0.3 is 9.55 Å². The average Bonchev–Trinajstić information content (AvgIpc) is 3.24. The zero-order valence-electron chi connectivity index (χ0n) is 13.6. The quantitative estimate of drug-likeness (QED) is 0.526. The van der Waals surface area contributed by atoms with Crippen molar-refractivity contribution in [3.05, 3.63) is 84.6 Å². The summed E-state index contributed by atoms with van der Waals surface area (Å²) in [7, 11) is 0. The highest BCUT2D eigenvalue weighted by Crippen LogP contribution is 2.28. The van der Waals surface area contributed by atoms with Crippen molar-refractivity contribution in [2.45, 2.75) is 6.54 Å². The van der Waals surface area contributed by atoms with Crippen LogP contribution in [0.4, 0.5) is 0 Å². The van der Waals surface area contributed by atoms with Crippen LogP contribution >= 0.6 is 0 Å². The SMILES string of the molecule is c1ccc(Cn2c(-c3nc4ncccc4[nH]3)cc3ccccc32)cc1. The first kappa shape index (κ1) is 14.0. The molecule has 0 unspecified atom stereocenters. The molecule has 0 spiro atoms. The topological polar surface area (TPSA) is 46.5 Å². The molecule has 0 amide bonds. The fourth-order valence-corrected chi connectivity index (χ4v) is 3.31. The van der Waals surface area contributed by atoms with Crippen molar-refractivity contribution in [2.75, 3.05) is 0 Å². The van der Waals surface area contributed by atoms with Gasteiger partial charge in [0.05, 0.1) is 11.2 Å². The van der Waals surface area contributed by atoms with Crippen molar-refractivity contribution in [3.63, 3.8) is 0 Å². The minimum atomic E-state index is 0.744. The van der Waals surface area contributed by atoms with Gasteiger partial charge in [-0.25, -0.2) is 9.97 Å². The summed E-state index contributed by atoms with van der Waals surface area (Å²) in [5.41, 5.74) is 5.24. The molecular weight excluding hydrogens is 308 g/mol. The van der Waals surface area contributed by atoms with E-state index in [4.69, 9.17) is 4.98 Å². The minimum absolute atomic E-state index is 0.744. The van der Waals surface area contributed by atoms with Gasteiger partial charge in [-0.2, -0.15) is 0 Å². The van der Waals surface area contributed by atoms with Gasteiger partial charge in [0.15, 0.2) is 11.5 Å². The van der Waals surface area contributed by atoms with Crippen LogP contribution in [0.2, 0.25) is 0 Å². The molecule has 0 saturated heterocycles. The van der Waals surface area contributed by atoms with E-state index < -0.39 is 0 Å². The molecule has 3 aromatic heterocycles. The van der Waals surface area contributed by atoms with Gasteiger partial charge in [-0.15, -0.1) is 0 Å². The average molecular weight is 324 g/mol. The lowest BCUT2D eigenvalue weighted by atomic mass is 10.2. The molecule has 3 heterocycles. The number of H-pyrrole nitrogens is 1. The predicted molar refractivity (Wildman–Crippen MR) is 100 cm³/mol. The van der Waals surface area contributed by atoms with Gasteiger partial charge >= 0.3 is 0 Å². The Hall–Kier alpha value is -3.40. The number of fused-ring (bicyclic) bond motifs is 2. The van der Waals surface area contributed by atoms with Gasteiger partial charge in [-0.1, -0.05) is 48.5 Å².